The van der Waals surface area contributed by atoms with Crippen LogP contribution >= 0.6 is 23.4 Å². The largest absolute Gasteiger partial charge is 0.277 e. The van der Waals surface area contributed by atoms with E-state index in [-0.39, 0.29) is 10.6 Å². The fraction of sp³-hybridized carbons (Fsp3) is 0.188. The van der Waals surface area contributed by atoms with E-state index in [1.54, 1.807) is 50.2 Å². The highest BCUT2D eigenvalue weighted by Crippen LogP contribution is 2.20. The zero-order chi connectivity index (χ0) is 17.7. The molecule has 8 heteroatoms. The number of aryl methyl sites for hydroxylation is 2. The van der Waals surface area contributed by atoms with E-state index < -0.39 is 15.9 Å². The quantitative estimate of drug-likeness (QED) is 0.593. The van der Waals surface area contributed by atoms with Gasteiger partial charge in [0.2, 0.25) is 5.91 Å². The predicted molar refractivity (Wildman–Crippen MR) is 96.6 cm³/mol. The number of hydrogen-bond donors (Lipinski definition) is 2. The molecule has 2 rings (SSSR count). The van der Waals surface area contributed by atoms with Crippen LogP contribution in [-0.4, -0.2) is 20.1 Å². The molecule has 0 atom stereocenters. The van der Waals surface area contributed by atoms with E-state index in [0.29, 0.717) is 10.6 Å². The Morgan fingerprint density at radius 1 is 1.12 bits per heavy atom. The lowest BCUT2D eigenvalue weighted by atomic mass is 10.2. The number of carbonyl (C=O) groups excluding carboxylic acids is 1. The Hall–Kier alpha value is -1.54. The molecule has 5 nitrogen and oxygen atoms in total. The molecule has 0 aliphatic heterocycles. The minimum Gasteiger partial charge on any atom is -0.277 e. The van der Waals surface area contributed by atoms with Gasteiger partial charge in [-0.25, -0.2) is 8.42 Å². The van der Waals surface area contributed by atoms with Gasteiger partial charge in [-0.1, -0.05) is 23.7 Å². The van der Waals surface area contributed by atoms with Gasteiger partial charge >= 0.3 is 0 Å². The Kier molecular flexibility index (Phi) is 6.28. The smallest absolute Gasteiger partial charge is 0.257 e. The molecule has 0 fully saturated rings. The molecule has 0 radical (unpaired) electrons. The zero-order valence-electron chi connectivity index (χ0n) is 13.2. The Labute approximate surface area is 150 Å². The summed E-state index contributed by atoms with van der Waals surface area (Å²) in [6.45, 7) is 3.51. The third kappa shape index (κ3) is 5.24. The van der Waals surface area contributed by atoms with Crippen molar-refractivity contribution in [3.05, 3.63) is 58.6 Å². The predicted octanol–water partition coefficient (Wildman–Crippen LogP) is 3.06. The Bertz CT molecular complexity index is 837. The average Bonchev–Trinajstić information content (AvgIpc) is 2.54. The van der Waals surface area contributed by atoms with E-state index in [2.05, 4.69) is 10.3 Å². The summed E-state index contributed by atoms with van der Waals surface area (Å²) in [5.41, 5.74) is 3.66. The molecule has 2 aromatic carbocycles. The van der Waals surface area contributed by atoms with Crippen molar-refractivity contribution >= 4 is 39.3 Å². The maximum absolute atomic E-state index is 12.3. The van der Waals surface area contributed by atoms with Crippen molar-refractivity contribution < 1.29 is 13.2 Å². The topological polar surface area (TPSA) is 75.3 Å². The molecule has 0 aromatic heterocycles. The molecule has 2 aromatic rings. The summed E-state index contributed by atoms with van der Waals surface area (Å²) in [7, 11) is -3.81. The van der Waals surface area contributed by atoms with Crippen LogP contribution in [0.5, 0.6) is 0 Å². The second-order valence-electron chi connectivity index (χ2n) is 5.17. The van der Waals surface area contributed by atoms with Crippen molar-refractivity contribution in [1.29, 1.82) is 0 Å². The van der Waals surface area contributed by atoms with Gasteiger partial charge in [0, 0.05) is 9.92 Å². The highest BCUT2D eigenvalue weighted by molar-refractivity contribution is 8.00. The molecule has 0 unspecified atom stereocenters. The molecule has 0 bridgehead atoms. The van der Waals surface area contributed by atoms with Gasteiger partial charge in [-0.2, -0.15) is 0 Å². The summed E-state index contributed by atoms with van der Waals surface area (Å²) < 4.78 is 24.5. The molecular weight excluding hydrogens is 368 g/mol. The summed E-state index contributed by atoms with van der Waals surface area (Å²) in [4.78, 5) is 15.0. The molecule has 0 saturated heterocycles. The second-order valence-corrected chi connectivity index (χ2v) is 8.30. The Balaban J connectivity index is 1.93. The first kappa shape index (κ1) is 18.8. The van der Waals surface area contributed by atoms with Crippen molar-refractivity contribution in [3.8, 4) is 0 Å². The number of hydrogen-bond acceptors (Lipinski definition) is 4. The first-order valence-corrected chi connectivity index (χ1v) is 9.89. The van der Waals surface area contributed by atoms with Gasteiger partial charge < -0.3 is 0 Å². The second kappa shape index (κ2) is 8.02. The molecule has 0 aliphatic rings. The monoisotopic (exact) mass is 384 g/mol. The van der Waals surface area contributed by atoms with Crippen LogP contribution in [0.15, 0.2) is 52.3 Å². The number of thioether (sulfide) groups is 1. The van der Waals surface area contributed by atoms with Gasteiger partial charge in [-0.05, 0) is 55.3 Å². The van der Waals surface area contributed by atoms with Gasteiger partial charge in [0.05, 0.1) is 10.6 Å². The highest BCUT2D eigenvalue weighted by atomic mass is 35.5. The van der Waals surface area contributed by atoms with Crippen LogP contribution in [0, 0.1) is 13.8 Å². The third-order valence-corrected chi connectivity index (χ3v) is 5.80. The first-order valence-electron chi connectivity index (χ1n) is 7.04. The maximum atomic E-state index is 12.3. The highest BCUT2D eigenvalue weighted by Gasteiger charge is 2.17. The summed E-state index contributed by atoms with van der Waals surface area (Å²) in [5.74, 6) is -0.361. The van der Waals surface area contributed by atoms with Gasteiger partial charge in [-0.15, -0.1) is 16.6 Å². The lowest BCUT2D eigenvalue weighted by Crippen LogP contribution is -2.42. The standard InChI is InChI=1S/C16H17ClN2O3S2/c1-11-3-4-12(2)15(9-11)24(21,22)19-18-16(20)10-23-14-7-5-13(17)6-8-14/h3-9,19H,10H2,1-2H3,(H,18,20). The fourth-order valence-electron chi connectivity index (χ4n) is 1.89. The summed E-state index contributed by atoms with van der Waals surface area (Å²) >= 11 is 7.07. The van der Waals surface area contributed by atoms with E-state index in [9.17, 15) is 13.2 Å². The van der Waals surface area contributed by atoms with Crippen LogP contribution < -0.4 is 10.3 Å². The van der Waals surface area contributed by atoms with Crippen LogP contribution in [0.4, 0.5) is 0 Å². The van der Waals surface area contributed by atoms with E-state index in [1.165, 1.54) is 11.8 Å². The number of hydrazine groups is 1. The van der Waals surface area contributed by atoms with Crippen LogP contribution in [0.25, 0.3) is 0 Å². The van der Waals surface area contributed by atoms with Crippen molar-refractivity contribution in [2.45, 2.75) is 23.6 Å². The van der Waals surface area contributed by atoms with E-state index >= 15 is 0 Å². The number of nitrogens with one attached hydrogen (secondary N) is 2. The van der Waals surface area contributed by atoms with E-state index in [1.807, 2.05) is 6.07 Å². The number of sulfonamides is 1. The normalized spacial score (nSPS) is 11.3. The zero-order valence-corrected chi connectivity index (χ0v) is 15.6. The summed E-state index contributed by atoms with van der Waals surface area (Å²) in [6.07, 6.45) is 0. The van der Waals surface area contributed by atoms with Crippen molar-refractivity contribution in [1.82, 2.24) is 10.3 Å². The summed E-state index contributed by atoms with van der Waals surface area (Å²) in [6, 6.07) is 12.2. The van der Waals surface area contributed by atoms with Gasteiger partial charge in [0.15, 0.2) is 0 Å². The lowest BCUT2D eigenvalue weighted by Gasteiger charge is -2.11. The number of halogens is 1. The number of carbonyl (C=O) groups is 1. The summed E-state index contributed by atoms with van der Waals surface area (Å²) in [5, 5.41) is 0.616. The van der Waals surface area contributed by atoms with Gasteiger partial charge in [0.1, 0.15) is 0 Å². The maximum Gasteiger partial charge on any atom is 0.257 e. The molecule has 1 amide bonds. The molecule has 2 N–H and O–H groups in total. The van der Waals surface area contributed by atoms with Gasteiger partial charge in [-0.3, -0.25) is 10.2 Å². The fourth-order valence-corrected chi connectivity index (χ4v) is 3.91. The minimum atomic E-state index is -3.81. The number of rotatable bonds is 6. The Morgan fingerprint density at radius 2 is 1.79 bits per heavy atom. The average molecular weight is 385 g/mol. The molecule has 24 heavy (non-hydrogen) atoms. The number of amides is 1. The van der Waals surface area contributed by atoms with Crippen LogP contribution in [-0.2, 0) is 14.8 Å². The number of benzene rings is 2. The third-order valence-electron chi connectivity index (χ3n) is 3.14. The molecular formula is C16H17ClN2O3S2. The molecule has 0 aliphatic carbocycles. The lowest BCUT2D eigenvalue weighted by molar-refractivity contribution is -0.119. The molecule has 0 saturated carbocycles. The van der Waals surface area contributed by atoms with Crippen molar-refractivity contribution in [3.63, 3.8) is 0 Å². The first-order chi connectivity index (χ1) is 11.3. The van der Waals surface area contributed by atoms with E-state index in [0.717, 1.165) is 10.5 Å². The molecule has 0 heterocycles. The molecule has 128 valence electrons. The van der Waals surface area contributed by atoms with Crippen molar-refractivity contribution in [2.75, 3.05) is 5.75 Å². The van der Waals surface area contributed by atoms with Gasteiger partial charge in [0.25, 0.3) is 10.0 Å². The van der Waals surface area contributed by atoms with Crippen LogP contribution in [0.1, 0.15) is 11.1 Å². The van der Waals surface area contributed by atoms with E-state index in [4.69, 9.17) is 11.6 Å². The van der Waals surface area contributed by atoms with Crippen LogP contribution in [0.2, 0.25) is 5.02 Å². The SMILES string of the molecule is Cc1ccc(C)c(S(=O)(=O)NNC(=O)CSc2ccc(Cl)cc2)c1. The van der Waals surface area contributed by atoms with Crippen LogP contribution in [0.3, 0.4) is 0 Å². The Morgan fingerprint density at radius 3 is 2.46 bits per heavy atom. The minimum absolute atomic E-state index is 0.0803. The van der Waals surface area contributed by atoms with Crippen molar-refractivity contribution in [2.24, 2.45) is 0 Å². The molecule has 0 spiro atoms.